The third kappa shape index (κ3) is 12.0. The number of hydrogen-bond acceptors (Lipinski definition) is 3. The highest BCUT2D eigenvalue weighted by molar-refractivity contribution is 14.0. The highest BCUT2D eigenvalue weighted by Crippen LogP contribution is 1.93. The second kappa shape index (κ2) is 15.2. The summed E-state index contributed by atoms with van der Waals surface area (Å²) < 4.78 is 7.29. The van der Waals surface area contributed by atoms with Gasteiger partial charge in [0.15, 0.2) is 5.96 Å². The summed E-state index contributed by atoms with van der Waals surface area (Å²) in [7, 11) is 1.77. The van der Waals surface area contributed by atoms with E-state index in [9.17, 15) is 4.79 Å². The maximum absolute atomic E-state index is 11.6. The minimum Gasteiger partial charge on any atom is -0.381 e. The average Bonchev–Trinajstić information content (AvgIpc) is 2.57. The van der Waals surface area contributed by atoms with E-state index >= 15 is 0 Å². The molecule has 0 saturated carbocycles. The first-order chi connectivity index (χ1) is 11.6. The molecule has 1 rings (SSSR count). The number of halogens is 1. The van der Waals surface area contributed by atoms with Crippen LogP contribution in [0.2, 0.25) is 0 Å². The predicted octanol–water partition coefficient (Wildman–Crippen LogP) is 2.47. The van der Waals surface area contributed by atoms with Crippen molar-refractivity contribution < 1.29 is 4.74 Å². The van der Waals surface area contributed by atoms with Gasteiger partial charge < -0.3 is 19.9 Å². The van der Waals surface area contributed by atoms with E-state index in [1.807, 2.05) is 12.3 Å². The van der Waals surface area contributed by atoms with Crippen LogP contribution in [-0.4, -0.2) is 43.9 Å². The second-order valence-corrected chi connectivity index (χ2v) is 6.19. The van der Waals surface area contributed by atoms with Gasteiger partial charge in [-0.1, -0.05) is 19.9 Å². The highest BCUT2D eigenvalue weighted by atomic mass is 127. The molecule has 0 saturated heterocycles. The summed E-state index contributed by atoms with van der Waals surface area (Å²) >= 11 is 0. The Labute approximate surface area is 168 Å². The molecular weight excluding hydrogens is 431 g/mol. The van der Waals surface area contributed by atoms with Gasteiger partial charge in [0.1, 0.15) is 0 Å². The lowest BCUT2D eigenvalue weighted by atomic mass is 10.2. The van der Waals surface area contributed by atoms with Crippen molar-refractivity contribution in [2.75, 3.05) is 33.4 Å². The molecule has 1 aromatic heterocycles. The molecule has 0 amide bonds. The zero-order chi connectivity index (χ0) is 17.6. The summed E-state index contributed by atoms with van der Waals surface area (Å²) in [6.07, 6.45) is 4.73. The number of aromatic nitrogens is 1. The molecule has 0 radical (unpaired) electrons. The van der Waals surface area contributed by atoms with E-state index in [-0.39, 0.29) is 29.5 Å². The molecule has 7 heteroatoms. The van der Waals surface area contributed by atoms with Crippen LogP contribution in [0.5, 0.6) is 0 Å². The zero-order valence-corrected chi connectivity index (χ0v) is 18.0. The number of aryl methyl sites for hydroxylation is 1. The minimum absolute atomic E-state index is 0. The van der Waals surface area contributed by atoms with E-state index in [1.165, 1.54) is 0 Å². The van der Waals surface area contributed by atoms with Crippen LogP contribution in [0.3, 0.4) is 0 Å². The first kappa shape index (κ1) is 23.9. The minimum atomic E-state index is 0. The van der Waals surface area contributed by atoms with Gasteiger partial charge in [0.2, 0.25) is 5.56 Å². The van der Waals surface area contributed by atoms with Crippen LogP contribution >= 0.6 is 24.0 Å². The molecule has 0 spiro atoms. The van der Waals surface area contributed by atoms with Crippen molar-refractivity contribution in [1.82, 2.24) is 15.2 Å². The SMILES string of the molecule is CN=C(NCCCCn1ccccc1=O)NCCCOCC(C)C.I. The third-order valence-corrected chi connectivity index (χ3v) is 3.45. The van der Waals surface area contributed by atoms with Crippen LogP contribution in [0.4, 0.5) is 0 Å². The monoisotopic (exact) mass is 464 g/mol. The number of hydrogen-bond donors (Lipinski definition) is 2. The van der Waals surface area contributed by atoms with E-state index in [0.29, 0.717) is 5.92 Å². The summed E-state index contributed by atoms with van der Waals surface area (Å²) in [4.78, 5) is 15.8. The number of guanidine groups is 1. The van der Waals surface area contributed by atoms with Crippen LogP contribution in [0, 0.1) is 5.92 Å². The fourth-order valence-corrected chi connectivity index (χ4v) is 2.18. The molecule has 0 fully saturated rings. The Balaban J connectivity index is 0.00000576. The molecule has 2 N–H and O–H groups in total. The van der Waals surface area contributed by atoms with Crippen molar-refractivity contribution in [1.29, 1.82) is 0 Å². The topological polar surface area (TPSA) is 67.7 Å². The number of aliphatic imine (C=N–C) groups is 1. The molecule has 0 aromatic carbocycles. The van der Waals surface area contributed by atoms with Crippen LogP contribution < -0.4 is 16.2 Å². The maximum Gasteiger partial charge on any atom is 0.250 e. The van der Waals surface area contributed by atoms with Gasteiger partial charge in [-0.05, 0) is 31.2 Å². The zero-order valence-electron chi connectivity index (χ0n) is 15.7. The molecule has 144 valence electrons. The fraction of sp³-hybridized carbons (Fsp3) is 0.667. The Morgan fingerprint density at radius 2 is 1.92 bits per heavy atom. The Morgan fingerprint density at radius 3 is 2.56 bits per heavy atom. The van der Waals surface area contributed by atoms with Gasteiger partial charge in [0.05, 0.1) is 0 Å². The highest BCUT2D eigenvalue weighted by Gasteiger charge is 1.98. The van der Waals surface area contributed by atoms with Crippen LogP contribution in [-0.2, 0) is 11.3 Å². The number of pyridine rings is 1. The Kier molecular flexibility index (Phi) is 14.5. The summed E-state index contributed by atoms with van der Waals surface area (Å²) in [5, 5.41) is 6.57. The number of nitrogens with one attached hydrogen (secondary N) is 2. The summed E-state index contributed by atoms with van der Waals surface area (Å²) in [6.45, 7) is 8.32. The molecule has 0 aliphatic carbocycles. The van der Waals surface area contributed by atoms with Gasteiger partial charge in [-0.3, -0.25) is 9.79 Å². The number of unbranched alkanes of at least 4 members (excludes halogenated alkanes) is 1. The maximum atomic E-state index is 11.6. The fourth-order valence-electron chi connectivity index (χ4n) is 2.18. The molecule has 0 atom stereocenters. The lowest BCUT2D eigenvalue weighted by Gasteiger charge is -2.12. The second-order valence-electron chi connectivity index (χ2n) is 6.19. The molecule has 6 nitrogen and oxygen atoms in total. The average molecular weight is 464 g/mol. The first-order valence-electron chi connectivity index (χ1n) is 8.81. The smallest absolute Gasteiger partial charge is 0.250 e. The van der Waals surface area contributed by atoms with Crippen molar-refractivity contribution in [3.8, 4) is 0 Å². The number of rotatable bonds is 11. The molecule has 1 heterocycles. The van der Waals surface area contributed by atoms with Crippen molar-refractivity contribution in [3.63, 3.8) is 0 Å². The van der Waals surface area contributed by atoms with Crippen molar-refractivity contribution >= 4 is 29.9 Å². The van der Waals surface area contributed by atoms with Crippen molar-refractivity contribution in [3.05, 3.63) is 34.7 Å². The van der Waals surface area contributed by atoms with E-state index in [1.54, 1.807) is 23.7 Å². The standard InChI is InChI=1S/C18H32N4O2.HI/c1-16(2)15-24-14-8-11-21-18(19-3)20-10-5-7-13-22-12-6-4-9-17(22)23;/h4,6,9,12,16H,5,7-8,10-11,13-15H2,1-3H3,(H2,19,20,21);1H. The van der Waals surface area contributed by atoms with Gasteiger partial charge in [0, 0.05) is 52.2 Å². The molecule has 0 aliphatic heterocycles. The number of ether oxygens (including phenoxy) is 1. The van der Waals surface area contributed by atoms with Gasteiger partial charge in [-0.2, -0.15) is 0 Å². The quantitative estimate of drug-likeness (QED) is 0.229. The molecule has 0 bridgehead atoms. The van der Waals surface area contributed by atoms with E-state index in [2.05, 4.69) is 29.5 Å². The summed E-state index contributed by atoms with van der Waals surface area (Å²) in [5.74, 6) is 1.40. The molecule has 0 unspecified atom stereocenters. The van der Waals surface area contributed by atoms with E-state index in [0.717, 1.165) is 58.1 Å². The number of nitrogens with zero attached hydrogens (tertiary/aromatic N) is 2. The summed E-state index contributed by atoms with van der Waals surface area (Å²) in [5.41, 5.74) is 0.0580. The Bertz CT molecular complexity index is 532. The predicted molar refractivity (Wildman–Crippen MR) is 115 cm³/mol. The normalized spacial score (nSPS) is 11.3. The van der Waals surface area contributed by atoms with Gasteiger partial charge in [-0.15, -0.1) is 24.0 Å². The molecule has 0 aliphatic rings. The van der Waals surface area contributed by atoms with Gasteiger partial charge in [0.25, 0.3) is 0 Å². The molecule has 1 aromatic rings. The van der Waals surface area contributed by atoms with Crippen molar-refractivity contribution in [2.24, 2.45) is 10.9 Å². The summed E-state index contributed by atoms with van der Waals surface area (Å²) in [6, 6.07) is 5.25. The lowest BCUT2D eigenvalue weighted by Crippen LogP contribution is -2.38. The van der Waals surface area contributed by atoms with E-state index in [4.69, 9.17) is 4.74 Å². The van der Waals surface area contributed by atoms with Crippen LogP contribution in [0.1, 0.15) is 33.1 Å². The lowest BCUT2D eigenvalue weighted by molar-refractivity contribution is 0.108. The third-order valence-electron chi connectivity index (χ3n) is 3.45. The Morgan fingerprint density at radius 1 is 1.20 bits per heavy atom. The van der Waals surface area contributed by atoms with Crippen LogP contribution in [0.25, 0.3) is 0 Å². The first-order valence-corrected chi connectivity index (χ1v) is 8.81. The largest absolute Gasteiger partial charge is 0.381 e. The van der Waals surface area contributed by atoms with E-state index < -0.39 is 0 Å². The van der Waals surface area contributed by atoms with Crippen molar-refractivity contribution in [2.45, 2.75) is 39.7 Å². The molecule has 25 heavy (non-hydrogen) atoms. The Hall–Kier alpha value is -1.09. The van der Waals surface area contributed by atoms with Gasteiger partial charge >= 0.3 is 0 Å². The molecular formula is C18H33IN4O2. The van der Waals surface area contributed by atoms with Gasteiger partial charge in [-0.25, -0.2) is 0 Å². The van der Waals surface area contributed by atoms with Crippen LogP contribution in [0.15, 0.2) is 34.2 Å².